The van der Waals surface area contributed by atoms with Crippen LogP contribution in [0.2, 0.25) is 0 Å². The van der Waals surface area contributed by atoms with Crippen LogP contribution in [0.1, 0.15) is 32.6 Å². The number of thiazole rings is 1. The summed E-state index contributed by atoms with van der Waals surface area (Å²) >= 11 is 1.64. The number of piperidine rings is 1. The van der Waals surface area contributed by atoms with E-state index >= 15 is 0 Å². The Hall–Kier alpha value is -1.77. The van der Waals surface area contributed by atoms with Gasteiger partial charge in [-0.1, -0.05) is 18.3 Å². The van der Waals surface area contributed by atoms with Gasteiger partial charge in [0, 0.05) is 57.9 Å². The lowest BCUT2D eigenvalue weighted by Crippen LogP contribution is -2.47. The molecule has 30 heavy (non-hydrogen) atoms. The van der Waals surface area contributed by atoms with Crippen molar-refractivity contribution in [1.82, 2.24) is 25.1 Å². The molecule has 4 heterocycles. The molecule has 164 valence electrons. The van der Waals surface area contributed by atoms with Gasteiger partial charge in [-0.2, -0.15) is 0 Å². The second-order valence-corrected chi connectivity index (χ2v) is 9.37. The van der Waals surface area contributed by atoms with Crippen LogP contribution in [0.15, 0.2) is 18.3 Å². The first-order valence-electron chi connectivity index (χ1n) is 11.4. The smallest absolute Gasteiger partial charge is 0.223 e. The zero-order valence-corrected chi connectivity index (χ0v) is 18.9. The van der Waals surface area contributed by atoms with Crippen LogP contribution in [-0.2, 0) is 4.79 Å². The van der Waals surface area contributed by atoms with Crippen molar-refractivity contribution in [2.24, 2.45) is 5.92 Å². The number of piperazine rings is 1. The molecule has 2 saturated heterocycles. The number of pyridine rings is 1. The van der Waals surface area contributed by atoms with Gasteiger partial charge in [0.1, 0.15) is 10.3 Å². The Morgan fingerprint density at radius 3 is 2.57 bits per heavy atom. The molecule has 0 spiro atoms. The highest BCUT2D eigenvalue weighted by molar-refractivity contribution is 7.21. The molecule has 4 rings (SSSR count). The number of nitrogens with one attached hydrogen (secondary N) is 1. The van der Waals surface area contributed by atoms with Crippen LogP contribution < -0.4 is 10.2 Å². The summed E-state index contributed by atoms with van der Waals surface area (Å²) in [7, 11) is 0. The van der Waals surface area contributed by atoms with Crippen LogP contribution in [0, 0.1) is 5.92 Å². The van der Waals surface area contributed by atoms with Crippen LogP contribution in [0.4, 0.5) is 5.13 Å². The number of aromatic nitrogens is 2. The second-order valence-electron chi connectivity index (χ2n) is 8.41. The lowest BCUT2D eigenvalue weighted by atomic mass is 9.96. The number of carbonyl (C=O) groups is 1. The molecule has 0 atom stereocenters. The van der Waals surface area contributed by atoms with Gasteiger partial charge in [0.15, 0.2) is 5.13 Å². The Balaban J connectivity index is 1.13. The van der Waals surface area contributed by atoms with Gasteiger partial charge >= 0.3 is 0 Å². The first kappa shape index (κ1) is 21.5. The Kier molecular flexibility index (Phi) is 7.52. The Morgan fingerprint density at radius 2 is 1.87 bits per heavy atom. The monoisotopic (exact) mass is 430 g/mol. The van der Waals surface area contributed by atoms with E-state index in [1.165, 1.54) is 26.1 Å². The SMILES string of the molecule is CCCN1CCN(CCCNC(=O)C2CCN(c3nc4cccnc4s3)CC2)CC1. The highest BCUT2D eigenvalue weighted by atomic mass is 32.1. The number of carbonyl (C=O) groups excluding carboxylic acids is 1. The van der Waals surface area contributed by atoms with Gasteiger partial charge in [0.05, 0.1) is 0 Å². The summed E-state index contributed by atoms with van der Waals surface area (Å²) in [5, 5.41) is 4.21. The fourth-order valence-electron chi connectivity index (χ4n) is 4.44. The van der Waals surface area contributed by atoms with Crippen molar-refractivity contribution in [2.75, 3.05) is 63.8 Å². The lowest BCUT2D eigenvalue weighted by molar-refractivity contribution is -0.125. The molecule has 2 aromatic rings. The molecule has 7 nitrogen and oxygen atoms in total. The molecule has 0 unspecified atom stereocenters. The molecule has 0 bridgehead atoms. The number of hydrogen-bond donors (Lipinski definition) is 1. The van der Waals surface area contributed by atoms with Crippen molar-refractivity contribution in [3.8, 4) is 0 Å². The zero-order chi connectivity index (χ0) is 20.8. The van der Waals surface area contributed by atoms with Crippen LogP contribution in [0.5, 0.6) is 0 Å². The summed E-state index contributed by atoms with van der Waals surface area (Å²) < 4.78 is 0. The summed E-state index contributed by atoms with van der Waals surface area (Å²) in [6.45, 7) is 11.8. The van der Waals surface area contributed by atoms with E-state index in [0.717, 1.165) is 74.0 Å². The van der Waals surface area contributed by atoms with Gasteiger partial charge in [-0.3, -0.25) is 4.79 Å². The van der Waals surface area contributed by atoms with Gasteiger partial charge in [-0.25, -0.2) is 9.97 Å². The molecular formula is C22H34N6OS. The Morgan fingerprint density at radius 1 is 1.13 bits per heavy atom. The molecule has 8 heteroatoms. The topological polar surface area (TPSA) is 64.6 Å². The molecule has 0 radical (unpaired) electrons. The molecule has 0 saturated carbocycles. The normalized spacial score (nSPS) is 19.4. The number of rotatable bonds is 8. The second kappa shape index (κ2) is 10.5. The number of amides is 1. The molecule has 2 fully saturated rings. The van der Waals surface area contributed by atoms with Crippen molar-refractivity contribution in [2.45, 2.75) is 32.6 Å². The molecule has 2 aliphatic rings. The highest BCUT2D eigenvalue weighted by Crippen LogP contribution is 2.30. The fraction of sp³-hybridized carbons (Fsp3) is 0.682. The zero-order valence-electron chi connectivity index (χ0n) is 18.1. The van der Waals surface area contributed by atoms with Crippen molar-refractivity contribution in [1.29, 1.82) is 0 Å². The number of anilines is 1. The molecular weight excluding hydrogens is 396 g/mol. The lowest BCUT2D eigenvalue weighted by Gasteiger charge is -2.34. The minimum atomic E-state index is 0.131. The Bertz CT molecular complexity index is 778. The quantitative estimate of drug-likeness (QED) is 0.649. The minimum Gasteiger partial charge on any atom is -0.356 e. The van der Waals surface area contributed by atoms with E-state index in [1.54, 1.807) is 11.3 Å². The van der Waals surface area contributed by atoms with Crippen LogP contribution >= 0.6 is 11.3 Å². The number of hydrogen-bond acceptors (Lipinski definition) is 7. The van der Waals surface area contributed by atoms with Crippen molar-refractivity contribution in [3.63, 3.8) is 0 Å². The van der Waals surface area contributed by atoms with Gasteiger partial charge < -0.3 is 20.0 Å². The van der Waals surface area contributed by atoms with E-state index in [2.05, 4.69) is 31.9 Å². The standard InChI is InChI=1S/C22H34N6OS/c1-2-10-26-14-16-27(17-15-26)11-4-9-23-20(29)18-6-12-28(13-7-18)22-25-19-5-3-8-24-21(19)30-22/h3,5,8,18H,2,4,6-7,9-17H2,1H3,(H,23,29). The van der Waals surface area contributed by atoms with E-state index in [-0.39, 0.29) is 11.8 Å². The number of nitrogens with zero attached hydrogens (tertiary/aromatic N) is 5. The van der Waals surface area contributed by atoms with Gasteiger partial charge in [0.2, 0.25) is 5.91 Å². The third-order valence-corrected chi connectivity index (χ3v) is 7.29. The average molecular weight is 431 g/mol. The van der Waals surface area contributed by atoms with Crippen molar-refractivity contribution >= 4 is 32.7 Å². The number of fused-ring (bicyclic) bond motifs is 1. The van der Waals surface area contributed by atoms with E-state index in [1.807, 2.05) is 18.3 Å². The van der Waals surface area contributed by atoms with E-state index in [0.29, 0.717) is 0 Å². The van der Waals surface area contributed by atoms with E-state index in [9.17, 15) is 4.79 Å². The van der Waals surface area contributed by atoms with Crippen LogP contribution in [0.3, 0.4) is 0 Å². The molecule has 1 N–H and O–H groups in total. The Labute approximate surface area is 183 Å². The third-order valence-electron chi connectivity index (χ3n) is 6.25. The van der Waals surface area contributed by atoms with Crippen LogP contribution in [0.25, 0.3) is 10.3 Å². The van der Waals surface area contributed by atoms with Gasteiger partial charge in [0.25, 0.3) is 0 Å². The molecule has 0 aromatic carbocycles. The summed E-state index contributed by atoms with van der Waals surface area (Å²) in [4.78, 5) is 30.0. The summed E-state index contributed by atoms with van der Waals surface area (Å²) in [6, 6.07) is 3.93. The average Bonchev–Trinajstić information content (AvgIpc) is 3.22. The summed E-state index contributed by atoms with van der Waals surface area (Å²) in [6.07, 6.45) is 5.89. The highest BCUT2D eigenvalue weighted by Gasteiger charge is 2.26. The maximum absolute atomic E-state index is 12.6. The third kappa shape index (κ3) is 5.47. The summed E-state index contributed by atoms with van der Waals surface area (Å²) in [5.41, 5.74) is 0.962. The van der Waals surface area contributed by atoms with Crippen molar-refractivity contribution < 1.29 is 4.79 Å². The predicted molar refractivity (Wildman–Crippen MR) is 123 cm³/mol. The van der Waals surface area contributed by atoms with Gasteiger partial charge in [-0.15, -0.1) is 0 Å². The van der Waals surface area contributed by atoms with Crippen molar-refractivity contribution in [3.05, 3.63) is 18.3 Å². The van der Waals surface area contributed by atoms with E-state index < -0.39 is 0 Å². The molecule has 0 aliphatic carbocycles. The first-order valence-corrected chi connectivity index (χ1v) is 12.2. The van der Waals surface area contributed by atoms with Gasteiger partial charge in [-0.05, 0) is 50.9 Å². The maximum atomic E-state index is 12.6. The predicted octanol–water partition coefficient (Wildman–Crippen LogP) is 2.44. The fourth-order valence-corrected chi connectivity index (χ4v) is 5.40. The molecule has 1 amide bonds. The largest absolute Gasteiger partial charge is 0.356 e. The summed E-state index contributed by atoms with van der Waals surface area (Å²) in [5.74, 6) is 0.361. The molecule has 2 aliphatic heterocycles. The van der Waals surface area contributed by atoms with Crippen LogP contribution in [-0.4, -0.2) is 84.6 Å². The molecule has 2 aromatic heterocycles. The first-order chi connectivity index (χ1) is 14.7. The minimum absolute atomic E-state index is 0.131. The van der Waals surface area contributed by atoms with E-state index in [4.69, 9.17) is 4.98 Å². The maximum Gasteiger partial charge on any atom is 0.223 e.